The number of anilines is 1. The predicted octanol–water partition coefficient (Wildman–Crippen LogP) is 3.55. The van der Waals surface area contributed by atoms with Gasteiger partial charge in [-0.05, 0) is 39.7 Å². The SMILES string of the molecule is CCOC(C)(CC)c1nc(N)c2c(C)c(C)sc2n1. The first-order valence-electron chi connectivity index (χ1n) is 6.60. The van der Waals surface area contributed by atoms with Crippen LogP contribution in [0, 0.1) is 13.8 Å². The number of thiophene rings is 1. The number of nitrogen functional groups attached to an aromatic ring is 1. The van der Waals surface area contributed by atoms with Crippen molar-refractivity contribution < 1.29 is 4.74 Å². The first kappa shape index (κ1) is 14.2. The Morgan fingerprint density at radius 1 is 1.26 bits per heavy atom. The molecular weight excluding hydrogens is 258 g/mol. The molecule has 0 aromatic carbocycles. The van der Waals surface area contributed by atoms with E-state index >= 15 is 0 Å². The Hall–Kier alpha value is -1.20. The van der Waals surface area contributed by atoms with Gasteiger partial charge in [-0.25, -0.2) is 9.97 Å². The Kier molecular flexibility index (Phi) is 3.78. The lowest BCUT2D eigenvalue weighted by molar-refractivity contribution is -0.0386. The van der Waals surface area contributed by atoms with Crippen molar-refractivity contribution in [3.63, 3.8) is 0 Å². The van der Waals surface area contributed by atoms with E-state index in [9.17, 15) is 0 Å². The van der Waals surface area contributed by atoms with Crippen LogP contribution in [0.4, 0.5) is 5.82 Å². The zero-order valence-electron chi connectivity index (χ0n) is 12.2. The van der Waals surface area contributed by atoms with Crippen LogP contribution >= 0.6 is 11.3 Å². The van der Waals surface area contributed by atoms with E-state index in [1.807, 2.05) is 13.8 Å². The lowest BCUT2D eigenvalue weighted by Gasteiger charge is -2.26. The van der Waals surface area contributed by atoms with Gasteiger partial charge in [-0.1, -0.05) is 6.92 Å². The maximum absolute atomic E-state index is 6.12. The van der Waals surface area contributed by atoms with Gasteiger partial charge in [0.1, 0.15) is 16.2 Å². The molecule has 0 aliphatic rings. The molecular formula is C14H21N3OS. The molecule has 0 amide bonds. The molecule has 0 aliphatic carbocycles. The van der Waals surface area contributed by atoms with Crippen LogP contribution in [-0.4, -0.2) is 16.6 Å². The number of nitrogens with two attached hydrogens (primary N) is 1. The molecule has 2 rings (SSSR count). The third-order valence-electron chi connectivity index (χ3n) is 3.67. The molecule has 0 radical (unpaired) electrons. The molecule has 1 atom stereocenters. The molecule has 1 unspecified atom stereocenters. The van der Waals surface area contributed by atoms with Crippen LogP contribution in [0.2, 0.25) is 0 Å². The zero-order chi connectivity index (χ0) is 14.2. The Bertz CT molecular complexity index is 608. The lowest BCUT2D eigenvalue weighted by atomic mass is 10.0. The van der Waals surface area contributed by atoms with Crippen LogP contribution in [0.15, 0.2) is 0 Å². The molecule has 104 valence electrons. The van der Waals surface area contributed by atoms with Gasteiger partial charge in [0, 0.05) is 11.5 Å². The molecule has 0 saturated carbocycles. The van der Waals surface area contributed by atoms with Crippen molar-refractivity contribution in [2.75, 3.05) is 12.3 Å². The monoisotopic (exact) mass is 279 g/mol. The van der Waals surface area contributed by atoms with E-state index in [2.05, 4.69) is 30.7 Å². The molecule has 2 heterocycles. The number of hydrogen-bond donors (Lipinski definition) is 1. The fourth-order valence-corrected chi connectivity index (χ4v) is 3.20. The maximum Gasteiger partial charge on any atom is 0.163 e. The molecule has 0 saturated heterocycles. The van der Waals surface area contributed by atoms with E-state index in [-0.39, 0.29) is 0 Å². The normalized spacial score (nSPS) is 14.8. The van der Waals surface area contributed by atoms with E-state index in [1.165, 1.54) is 10.4 Å². The van der Waals surface area contributed by atoms with Crippen LogP contribution in [0.3, 0.4) is 0 Å². The number of hydrogen-bond acceptors (Lipinski definition) is 5. The largest absolute Gasteiger partial charge is 0.383 e. The summed E-state index contributed by atoms with van der Waals surface area (Å²) in [5.41, 5.74) is 6.83. The number of fused-ring (bicyclic) bond motifs is 1. The van der Waals surface area contributed by atoms with Crippen molar-refractivity contribution in [1.29, 1.82) is 0 Å². The van der Waals surface area contributed by atoms with Gasteiger partial charge in [0.25, 0.3) is 0 Å². The van der Waals surface area contributed by atoms with Gasteiger partial charge < -0.3 is 10.5 Å². The summed E-state index contributed by atoms with van der Waals surface area (Å²) in [5, 5.41) is 0.987. The number of aryl methyl sites for hydroxylation is 2. The summed E-state index contributed by atoms with van der Waals surface area (Å²) in [7, 11) is 0. The molecule has 0 spiro atoms. The molecule has 0 fully saturated rings. The quantitative estimate of drug-likeness (QED) is 0.929. The van der Waals surface area contributed by atoms with Crippen molar-refractivity contribution in [3.05, 3.63) is 16.3 Å². The molecule has 2 aromatic rings. The summed E-state index contributed by atoms with van der Waals surface area (Å²) < 4.78 is 5.83. The van der Waals surface area contributed by atoms with Gasteiger partial charge in [0.15, 0.2) is 5.82 Å². The number of ether oxygens (including phenoxy) is 1. The summed E-state index contributed by atoms with van der Waals surface area (Å²) in [6.07, 6.45) is 0.815. The minimum Gasteiger partial charge on any atom is -0.383 e. The standard InChI is InChI=1S/C14H21N3OS/c1-6-14(5,18-7-2)13-16-11(15)10-8(3)9(4)19-12(10)17-13/h6-7H2,1-5H3,(H2,15,16,17). The minimum absolute atomic E-state index is 0.469. The van der Waals surface area contributed by atoms with Gasteiger partial charge >= 0.3 is 0 Å². The highest BCUT2D eigenvalue weighted by Gasteiger charge is 2.29. The highest BCUT2D eigenvalue weighted by molar-refractivity contribution is 7.18. The second-order valence-electron chi connectivity index (χ2n) is 4.91. The van der Waals surface area contributed by atoms with Crippen molar-refractivity contribution in [1.82, 2.24) is 9.97 Å². The second-order valence-corrected chi connectivity index (χ2v) is 6.12. The third kappa shape index (κ3) is 2.32. The van der Waals surface area contributed by atoms with E-state index in [0.29, 0.717) is 18.2 Å². The Balaban J connectivity index is 2.63. The van der Waals surface area contributed by atoms with Crippen molar-refractivity contribution >= 4 is 27.4 Å². The van der Waals surface area contributed by atoms with Crippen molar-refractivity contribution in [2.45, 2.75) is 46.6 Å². The zero-order valence-corrected chi connectivity index (χ0v) is 13.0. The topological polar surface area (TPSA) is 61.0 Å². The second kappa shape index (κ2) is 5.06. The maximum atomic E-state index is 6.12. The van der Waals surface area contributed by atoms with E-state index in [4.69, 9.17) is 10.5 Å². The fraction of sp³-hybridized carbons (Fsp3) is 0.571. The Morgan fingerprint density at radius 2 is 1.95 bits per heavy atom. The van der Waals surface area contributed by atoms with E-state index in [0.717, 1.165) is 16.6 Å². The smallest absolute Gasteiger partial charge is 0.163 e. The van der Waals surface area contributed by atoms with Gasteiger partial charge in [-0.2, -0.15) is 0 Å². The number of rotatable bonds is 4. The predicted molar refractivity (Wildman–Crippen MR) is 80.6 cm³/mol. The van der Waals surface area contributed by atoms with Crippen LogP contribution in [-0.2, 0) is 10.3 Å². The number of aromatic nitrogens is 2. The van der Waals surface area contributed by atoms with Gasteiger partial charge in [0.05, 0.1) is 5.39 Å². The van der Waals surface area contributed by atoms with Crippen LogP contribution in [0.5, 0.6) is 0 Å². The molecule has 2 N–H and O–H groups in total. The average Bonchev–Trinajstić information content (AvgIpc) is 2.65. The Labute approximate surface area is 118 Å². The average molecular weight is 279 g/mol. The van der Waals surface area contributed by atoms with Crippen LogP contribution < -0.4 is 5.73 Å². The lowest BCUT2D eigenvalue weighted by Crippen LogP contribution is -2.28. The first-order chi connectivity index (χ1) is 8.92. The van der Waals surface area contributed by atoms with Crippen LogP contribution in [0.1, 0.15) is 43.5 Å². The van der Waals surface area contributed by atoms with Crippen molar-refractivity contribution in [2.24, 2.45) is 0 Å². The number of nitrogens with zero attached hydrogens (tertiary/aromatic N) is 2. The molecule has 5 heteroatoms. The third-order valence-corrected chi connectivity index (χ3v) is 4.77. The van der Waals surface area contributed by atoms with Gasteiger partial charge in [0.2, 0.25) is 0 Å². The summed E-state index contributed by atoms with van der Waals surface area (Å²) in [5.74, 6) is 1.24. The van der Waals surface area contributed by atoms with Gasteiger partial charge in [-0.3, -0.25) is 0 Å². The van der Waals surface area contributed by atoms with Gasteiger partial charge in [-0.15, -0.1) is 11.3 Å². The van der Waals surface area contributed by atoms with E-state index < -0.39 is 5.60 Å². The fourth-order valence-electron chi connectivity index (χ4n) is 2.16. The molecule has 0 aliphatic heterocycles. The molecule has 19 heavy (non-hydrogen) atoms. The summed E-state index contributed by atoms with van der Waals surface area (Å²) >= 11 is 1.67. The molecule has 4 nitrogen and oxygen atoms in total. The molecule has 2 aromatic heterocycles. The van der Waals surface area contributed by atoms with Crippen LogP contribution in [0.25, 0.3) is 10.2 Å². The summed E-state index contributed by atoms with van der Waals surface area (Å²) in [6, 6.07) is 0. The highest BCUT2D eigenvalue weighted by Crippen LogP contribution is 2.35. The Morgan fingerprint density at radius 3 is 2.53 bits per heavy atom. The molecule has 0 bridgehead atoms. The van der Waals surface area contributed by atoms with Crippen molar-refractivity contribution in [3.8, 4) is 0 Å². The highest BCUT2D eigenvalue weighted by atomic mass is 32.1. The summed E-state index contributed by atoms with van der Waals surface area (Å²) in [4.78, 5) is 11.4. The summed E-state index contributed by atoms with van der Waals surface area (Å²) in [6.45, 7) is 10.9. The minimum atomic E-state index is -0.469. The first-order valence-corrected chi connectivity index (χ1v) is 7.42. The van der Waals surface area contributed by atoms with E-state index in [1.54, 1.807) is 11.3 Å².